The summed E-state index contributed by atoms with van der Waals surface area (Å²) in [6.45, 7) is 3.44. The lowest BCUT2D eigenvalue weighted by molar-refractivity contribution is -0.136. The SMILES string of the molecule is CCOCCCNC(=O)NCc1nnc2c(C(F)(F)F)cccn12. The molecule has 2 aromatic heterocycles. The number of nitrogens with zero attached hydrogens (tertiary/aromatic N) is 3. The van der Waals surface area contributed by atoms with Gasteiger partial charge in [-0.25, -0.2) is 4.79 Å². The Morgan fingerprint density at radius 2 is 2.12 bits per heavy atom. The summed E-state index contributed by atoms with van der Waals surface area (Å²) in [7, 11) is 0. The second kappa shape index (κ2) is 7.95. The number of hydrogen-bond donors (Lipinski definition) is 2. The first-order chi connectivity index (χ1) is 11.4. The molecule has 0 spiro atoms. The fourth-order valence-corrected chi connectivity index (χ4v) is 2.05. The molecule has 0 bridgehead atoms. The van der Waals surface area contributed by atoms with Crippen LogP contribution in [0.3, 0.4) is 0 Å². The number of rotatable bonds is 7. The van der Waals surface area contributed by atoms with E-state index in [1.807, 2.05) is 6.92 Å². The number of hydrogen-bond acceptors (Lipinski definition) is 4. The maximum atomic E-state index is 12.9. The molecule has 10 heteroatoms. The first-order valence-electron chi connectivity index (χ1n) is 7.42. The molecule has 2 rings (SSSR count). The number of urea groups is 1. The molecular formula is C14H18F3N5O2. The molecule has 0 aliphatic carbocycles. The molecule has 132 valence electrons. The minimum atomic E-state index is -4.52. The topological polar surface area (TPSA) is 80.5 Å². The Hall–Kier alpha value is -2.36. The summed E-state index contributed by atoms with van der Waals surface area (Å²) in [6.07, 6.45) is -2.43. The molecule has 0 aliphatic heterocycles. The predicted octanol–water partition coefficient (Wildman–Crippen LogP) is 1.97. The van der Waals surface area contributed by atoms with Crippen LogP contribution in [0, 0.1) is 0 Å². The van der Waals surface area contributed by atoms with Crippen LogP contribution in [0.2, 0.25) is 0 Å². The molecule has 0 aliphatic rings. The molecule has 0 saturated heterocycles. The van der Waals surface area contributed by atoms with Crippen LogP contribution in [0.15, 0.2) is 18.3 Å². The number of fused-ring (bicyclic) bond motifs is 1. The number of ether oxygens (including phenoxy) is 1. The molecule has 2 amide bonds. The quantitative estimate of drug-likeness (QED) is 0.752. The van der Waals surface area contributed by atoms with E-state index in [0.717, 1.165) is 6.07 Å². The number of alkyl halides is 3. The van der Waals surface area contributed by atoms with Gasteiger partial charge in [-0.3, -0.25) is 4.40 Å². The van der Waals surface area contributed by atoms with E-state index in [9.17, 15) is 18.0 Å². The van der Waals surface area contributed by atoms with Crippen LogP contribution in [0.4, 0.5) is 18.0 Å². The average Bonchev–Trinajstić information content (AvgIpc) is 2.95. The van der Waals surface area contributed by atoms with E-state index < -0.39 is 17.8 Å². The largest absolute Gasteiger partial charge is 0.420 e. The fraction of sp³-hybridized carbons (Fsp3) is 0.500. The van der Waals surface area contributed by atoms with Crippen molar-refractivity contribution in [1.29, 1.82) is 0 Å². The van der Waals surface area contributed by atoms with Crippen molar-refractivity contribution >= 4 is 11.7 Å². The third-order valence-corrected chi connectivity index (χ3v) is 3.17. The van der Waals surface area contributed by atoms with Gasteiger partial charge in [-0.05, 0) is 25.5 Å². The van der Waals surface area contributed by atoms with Crippen LogP contribution >= 0.6 is 0 Å². The smallest absolute Gasteiger partial charge is 0.382 e. The highest BCUT2D eigenvalue weighted by atomic mass is 19.4. The van der Waals surface area contributed by atoms with Crippen molar-refractivity contribution in [2.24, 2.45) is 0 Å². The summed E-state index contributed by atoms with van der Waals surface area (Å²) in [5.74, 6) is 0.209. The zero-order chi connectivity index (χ0) is 17.6. The molecule has 0 saturated carbocycles. The average molecular weight is 345 g/mol. The second-order valence-electron chi connectivity index (χ2n) is 4.89. The number of aromatic nitrogens is 3. The molecule has 0 radical (unpaired) electrons. The number of nitrogens with one attached hydrogen (secondary N) is 2. The van der Waals surface area contributed by atoms with Gasteiger partial charge in [-0.2, -0.15) is 13.2 Å². The van der Waals surface area contributed by atoms with Gasteiger partial charge in [0.15, 0.2) is 11.5 Å². The number of halogens is 3. The standard InChI is InChI=1S/C14H18F3N5O2/c1-2-24-8-4-6-18-13(23)19-9-11-20-21-12-10(14(15,16)17)5-3-7-22(11)12/h3,5,7H,2,4,6,8-9H2,1H3,(H2,18,19,23). The van der Waals surface area contributed by atoms with E-state index in [4.69, 9.17) is 4.74 Å². The predicted molar refractivity (Wildman–Crippen MR) is 79.3 cm³/mol. The fourth-order valence-electron chi connectivity index (χ4n) is 2.05. The molecule has 0 fully saturated rings. The number of amides is 2. The van der Waals surface area contributed by atoms with Gasteiger partial charge < -0.3 is 15.4 Å². The number of pyridine rings is 1. The number of carbonyl (C=O) groups is 1. The molecule has 2 aromatic rings. The summed E-state index contributed by atoms with van der Waals surface area (Å²) in [5.41, 5.74) is -1.16. The highest BCUT2D eigenvalue weighted by Crippen LogP contribution is 2.31. The third-order valence-electron chi connectivity index (χ3n) is 3.17. The summed E-state index contributed by atoms with van der Waals surface area (Å²) in [5, 5.41) is 12.4. The van der Waals surface area contributed by atoms with Crippen LogP contribution in [-0.2, 0) is 17.5 Å². The Labute approximate surface area is 136 Å². The lowest BCUT2D eigenvalue weighted by atomic mass is 10.2. The van der Waals surface area contributed by atoms with Gasteiger partial charge in [0, 0.05) is 26.0 Å². The van der Waals surface area contributed by atoms with E-state index in [1.165, 1.54) is 16.7 Å². The van der Waals surface area contributed by atoms with Crippen molar-refractivity contribution in [3.63, 3.8) is 0 Å². The molecule has 7 nitrogen and oxygen atoms in total. The lowest BCUT2D eigenvalue weighted by Gasteiger charge is -2.08. The van der Waals surface area contributed by atoms with Crippen LogP contribution < -0.4 is 10.6 Å². The van der Waals surface area contributed by atoms with E-state index in [1.54, 1.807) is 0 Å². The Kier molecular flexibility index (Phi) is 5.96. The Morgan fingerprint density at radius 3 is 2.83 bits per heavy atom. The van der Waals surface area contributed by atoms with Gasteiger partial charge in [0.1, 0.15) is 5.56 Å². The van der Waals surface area contributed by atoms with Crippen LogP contribution in [0.1, 0.15) is 24.7 Å². The summed E-state index contributed by atoms with van der Waals surface area (Å²) < 4.78 is 45.0. The van der Waals surface area contributed by atoms with Crippen molar-refractivity contribution in [2.75, 3.05) is 19.8 Å². The van der Waals surface area contributed by atoms with Crippen molar-refractivity contribution in [3.8, 4) is 0 Å². The maximum absolute atomic E-state index is 12.9. The van der Waals surface area contributed by atoms with E-state index >= 15 is 0 Å². The van der Waals surface area contributed by atoms with Crippen LogP contribution in [0.5, 0.6) is 0 Å². The lowest BCUT2D eigenvalue weighted by Crippen LogP contribution is -2.36. The monoisotopic (exact) mass is 345 g/mol. The van der Waals surface area contributed by atoms with Gasteiger partial charge in [-0.1, -0.05) is 0 Å². The molecule has 0 atom stereocenters. The minimum Gasteiger partial charge on any atom is -0.382 e. The Balaban J connectivity index is 1.93. The summed E-state index contributed by atoms with van der Waals surface area (Å²) in [4.78, 5) is 11.6. The van der Waals surface area contributed by atoms with Crippen molar-refractivity contribution in [1.82, 2.24) is 25.2 Å². The van der Waals surface area contributed by atoms with Gasteiger partial charge in [0.05, 0.1) is 6.54 Å². The van der Waals surface area contributed by atoms with Crippen molar-refractivity contribution < 1.29 is 22.7 Å². The molecule has 2 heterocycles. The molecule has 2 N–H and O–H groups in total. The normalized spacial score (nSPS) is 11.7. The van der Waals surface area contributed by atoms with E-state index in [-0.39, 0.29) is 18.0 Å². The number of carbonyl (C=O) groups excluding carboxylic acids is 1. The van der Waals surface area contributed by atoms with Gasteiger partial charge >= 0.3 is 12.2 Å². The molecular weight excluding hydrogens is 327 g/mol. The zero-order valence-electron chi connectivity index (χ0n) is 13.1. The Bertz CT molecular complexity index is 687. The molecule has 24 heavy (non-hydrogen) atoms. The van der Waals surface area contributed by atoms with Crippen molar-refractivity contribution in [3.05, 3.63) is 29.7 Å². The van der Waals surface area contributed by atoms with E-state index in [2.05, 4.69) is 20.8 Å². The Morgan fingerprint density at radius 1 is 1.33 bits per heavy atom. The second-order valence-corrected chi connectivity index (χ2v) is 4.89. The minimum absolute atomic E-state index is 0.0419. The van der Waals surface area contributed by atoms with Crippen molar-refractivity contribution in [2.45, 2.75) is 26.1 Å². The highest BCUT2D eigenvalue weighted by molar-refractivity contribution is 5.73. The van der Waals surface area contributed by atoms with Gasteiger partial charge in [0.25, 0.3) is 0 Å². The third kappa shape index (κ3) is 4.57. The van der Waals surface area contributed by atoms with Crippen LogP contribution in [-0.4, -0.2) is 40.4 Å². The van der Waals surface area contributed by atoms with E-state index in [0.29, 0.717) is 26.2 Å². The first kappa shape index (κ1) is 18.0. The zero-order valence-corrected chi connectivity index (χ0v) is 13.1. The van der Waals surface area contributed by atoms with Gasteiger partial charge in [-0.15, -0.1) is 10.2 Å². The summed E-state index contributed by atoms with van der Waals surface area (Å²) >= 11 is 0. The molecule has 0 aromatic carbocycles. The van der Waals surface area contributed by atoms with Gasteiger partial charge in [0.2, 0.25) is 0 Å². The first-order valence-corrected chi connectivity index (χ1v) is 7.42. The molecule has 0 unspecified atom stereocenters. The maximum Gasteiger partial charge on any atom is 0.420 e. The van der Waals surface area contributed by atoms with Crippen LogP contribution in [0.25, 0.3) is 5.65 Å². The summed E-state index contributed by atoms with van der Waals surface area (Å²) in [6, 6.07) is 1.76. The highest BCUT2D eigenvalue weighted by Gasteiger charge is 2.34.